The zero-order valence-corrected chi connectivity index (χ0v) is 21.3. The Morgan fingerprint density at radius 2 is 1.84 bits per heavy atom. The molecule has 3 aliphatic rings. The van der Waals surface area contributed by atoms with Crippen LogP contribution in [0, 0.1) is 5.92 Å². The number of benzene rings is 1. The number of nitrogens with two attached hydrogens (primary N) is 1. The van der Waals surface area contributed by atoms with Gasteiger partial charge in [-0.1, -0.05) is 6.07 Å². The van der Waals surface area contributed by atoms with Crippen LogP contribution in [-0.4, -0.2) is 50.6 Å². The normalized spacial score (nSPS) is 17.3. The van der Waals surface area contributed by atoms with Crippen LogP contribution in [0.3, 0.4) is 0 Å². The summed E-state index contributed by atoms with van der Waals surface area (Å²) >= 11 is 0. The number of anilines is 3. The van der Waals surface area contributed by atoms with Crippen LogP contribution in [0.2, 0.25) is 0 Å². The topological polar surface area (TPSA) is 165 Å². The summed E-state index contributed by atoms with van der Waals surface area (Å²) in [6.07, 6.45) is 7.05. The fourth-order valence-corrected chi connectivity index (χ4v) is 8.53. The average Bonchev–Trinajstić information content (AvgIpc) is 3.74. The lowest BCUT2D eigenvalue weighted by Gasteiger charge is -2.18. The third kappa shape index (κ3) is 4.37. The maximum atomic E-state index is 13.9. The first-order chi connectivity index (χ1) is 17.9. The number of hydrogen-bond donors (Lipinski definition) is 4. The van der Waals surface area contributed by atoms with Gasteiger partial charge in [-0.05, 0) is 56.7 Å². The van der Waals surface area contributed by atoms with E-state index in [0.717, 1.165) is 44.0 Å². The summed E-state index contributed by atoms with van der Waals surface area (Å²) in [7, 11) is -0.971. The number of ether oxygens (including phenoxy) is 1. The lowest BCUT2D eigenvalue weighted by Crippen LogP contribution is -2.20. The average molecular weight is 522 g/mol. The molecule has 11 nitrogen and oxygen atoms in total. The molecule has 12 heteroatoms. The Morgan fingerprint density at radius 1 is 1.11 bits per heavy atom. The van der Waals surface area contributed by atoms with Gasteiger partial charge in [-0.15, -0.1) is 5.10 Å². The van der Waals surface area contributed by atoms with E-state index in [0.29, 0.717) is 28.4 Å². The van der Waals surface area contributed by atoms with E-state index >= 15 is 0 Å². The molecule has 0 spiro atoms. The fraction of sp³-hybridized carbons (Fsp3) is 0.400. The highest BCUT2D eigenvalue weighted by Gasteiger charge is 2.52. The highest BCUT2D eigenvalue weighted by Crippen LogP contribution is 2.69. The molecule has 2 heterocycles. The third-order valence-corrected chi connectivity index (χ3v) is 11.3. The van der Waals surface area contributed by atoms with Crippen molar-refractivity contribution in [2.45, 2.75) is 49.8 Å². The van der Waals surface area contributed by atoms with Crippen LogP contribution < -0.4 is 26.5 Å². The first-order valence-corrected chi connectivity index (χ1v) is 14.3. The van der Waals surface area contributed by atoms with Crippen molar-refractivity contribution >= 4 is 41.5 Å². The molecule has 3 fully saturated rings. The van der Waals surface area contributed by atoms with Gasteiger partial charge in [0.2, 0.25) is 5.91 Å². The highest BCUT2D eigenvalue weighted by atomic mass is 31.2. The molecular weight excluding hydrogens is 493 g/mol. The van der Waals surface area contributed by atoms with Crippen molar-refractivity contribution in [2.24, 2.45) is 11.7 Å². The Labute approximate surface area is 213 Å². The first-order valence-electron chi connectivity index (χ1n) is 12.5. The molecule has 3 saturated carbocycles. The maximum absolute atomic E-state index is 13.9. The number of carbonyl (C=O) groups excluding carboxylic acids is 2. The molecule has 37 heavy (non-hydrogen) atoms. The molecule has 2 aromatic heterocycles. The molecule has 3 aliphatic carbocycles. The maximum Gasteiger partial charge on any atom is 0.271 e. The summed E-state index contributed by atoms with van der Waals surface area (Å²) in [5.74, 6) is -0.528. The van der Waals surface area contributed by atoms with E-state index in [2.05, 4.69) is 31.0 Å². The predicted molar refractivity (Wildman–Crippen MR) is 139 cm³/mol. The quantitative estimate of drug-likeness (QED) is 0.295. The second-order valence-electron chi connectivity index (χ2n) is 9.93. The number of nitrogens with zero attached hydrogens (tertiary/aromatic N) is 3. The second kappa shape index (κ2) is 8.99. The molecule has 0 radical (unpaired) electrons. The molecule has 0 saturated heterocycles. The van der Waals surface area contributed by atoms with Crippen molar-refractivity contribution in [1.82, 2.24) is 20.4 Å². The Balaban J connectivity index is 1.36. The molecule has 0 atom stereocenters. The summed E-state index contributed by atoms with van der Waals surface area (Å²) < 4.78 is 19.7. The fourth-order valence-electron chi connectivity index (χ4n) is 4.79. The number of rotatable bonds is 10. The number of amides is 2. The Kier molecular flexibility index (Phi) is 5.75. The van der Waals surface area contributed by atoms with E-state index < -0.39 is 13.0 Å². The number of carbonyl (C=O) groups is 2. The molecule has 2 amide bonds. The van der Waals surface area contributed by atoms with Crippen molar-refractivity contribution in [3.63, 3.8) is 0 Å². The zero-order chi connectivity index (χ0) is 25.7. The molecular formula is C25H28N7O4P. The van der Waals surface area contributed by atoms with Crippen molar-refractivity contribution in [3.05, 3.63) is 36.2 Å². The third-order valence-electron chi connectivity index (χ3n) is 7.16. The minimum atomic E-state index is -2.51. The van der Waals surface area contributed by atoms with Crippen LogP contribution in [0.25, 0.3) is 11.3 Å². The number of aromatic amines is 1. The summed E-state index contributed by atoms with van der Waals surface area (Å²) in [4.78, 5) is 24.6. The van der Waals surface area contributed by atoms with Gasteiger partial charge in [0.25, 0.3) is 5.91 Å². The minimum Gasteiger partial charge on any atom is -0.494 e. The van der Waals surface area contributed by atoms with Gasteiger partial charge in [-0.3, -0.25) is 14.7 Å². The monoisotopic (exact) mass is 521 g/mol. The van der Waals surface area contributed by atoms with Crippen molar-refractivity contribution in [1.29, 1.82) is 0 Å². The van der Waals surface area contributed by atoms with Crippen molar-refractivity contribution in [2.75, 3.05) is 17.7 Å². The summed E-state index contributed by atoms with van der Waals surface area (Å²) in [5, 5.41) is 21.3. The predicted octanol–water partition coefficient (Wildman–Crippen LogP) is 3.38. The van der Waals surface area contributed by atoms with Gasteiger partial charge in [0, 0.05) is 22.8 Å². The first kappa shape index (κ1) is 23.7. The molecule has 5 N–H and O–H groups in total. The largest absolute Gasteiger partial charge is 0.494 e. The van der Waals surface area contributed by atoms with E-state index in [1.165, 1.54) is 13.3 Å². The van der Waals surface area contributed by atoms with Crippen molar-refractivity contribution in [3.8, 4) is 17.0 Å². The second-order valence-corrected chi connectivity index (χ2v) is 13.3. The number of H-pyrrole nitrogens is 1. The van der Waals surface area contributed by atoms with E-state index in [-0.39, 0.29) is 34.5 Å². The molecule has 0 bridgehead atoms. The van der Waals surface area contributed by atoms with Crippen LogP contribution in [0.1, 0.15) is 49.0 Å². The van der Waals surface area contributed by atoms with Crippen LogP contribution >= 0.6 is 7.14 Å². The number of nitrogens with one attached hydrogen (secondary N) is 3. The standard InChI is InChI=1S/C25H28N7O4P/c1-36-23-16(18-11-20(31-30-18)37(35,14-7-8-14)15-9-10-15)3-2-4-17(23)28-21-19(29-25(34)13-5-6-13)12-27-32-22(21)24(26)33/h2-4,11-15H,5-10H2,1H3,(H2,26,33)(H,27,28)(H,30,31)(H,29,32,34). The van der Waals surface area contributed by atoms with Gasteiger partial charge in [0.05, 0.1) is 41.5 Å². The number of hydrogen-bond acceptors (Lipinski definition) is 8. The van der Waals surface area contributed by atoms with Crippen LogP contribution in [0.4, 0.5) is 17.1 Å². The SMILES string of the molecule is COc1c(Nc2c(NC(=O)C3CC3)cnnc2C(N)=O)cccc1-c1cc(P(=O)(C2CC2)C2CC2)[nH]n1. The smallest absolute Gasteiger partial charge is 0.271 e. The van der Waals surface area contributed by atoms with E-state index in [4.69, 9.17) is 10.5 Å². The van der Waals surface area contributed by atoms with E-state index in [9.17, 15) is 14.2 Å². The van der Waals surface area contributed by atoms with Crippen LogP contribution in [-0.2, 0) is 9.36 Å². The van der Waals surface area contributed by atoms with Gasteiger partial charge < -0.3 is 25.7 Å². The van der Waals surface area contributed by atoms with E-state index in [1.54, 1.807) is 6.07 Å². The lowest BCUT2D eigenvalue weighted by molar-refractivity contribution is -0.117. The Hall–Kier alpha value is -3.72. The molecule has 3 aromatic rings. The molecule has 1 aromatic carbocycles. The number of methoxy groups -OCH3 is 1. The molecule has 0 aliphatic heterocycles. The highest BCUT2D eigenvalue weighted by molar-refractivity contribution is 7.73. The number of para-hydroxylation sites is 1. The Morgan fingerprint density at radius 3 is 2.46 bits per heavy atom. The van der Waals surface area contributed by atoms with Crippen molar-refractivity contribution < 1.29 is 18.9 Å². The van der Waals surface area contributed by atoms with Gasteiger partial charge in [-0.25, -0.2) is 0 Å². The van der Waals surface area contributed by atoms with Gasteiger partial charge in [0.15, 0.2) is 11.4 Å². The van der Waals surface area contributed by atoms with Gasteiger partial charge in [0.1, 0.15) is 7.14 Å². The van der Waals surface area contributed by atoms with Gasteiger partial charge >= 0.3 is 0 Å². The minimum absolute atomic E-state index is 0.0491. The summed E-state index contributed by atoms with van der Waals surface area (Å²) in [6.45, 7) is 0. The lowest BCUT2D eigenvalue weighted by atomic mass is 10.1. The van der Waals surface area contributed by atoms with Gasteiger partial charge in [-0.2, -0.15) is 10.2 Å². The van der Waals surface area contributed by atoms with Crippen LogP contribution in [0.15, 0.2) is 30.5 Å². The zero-order valence-electron chi connectivity index (χ0n) is 20.4. The molecule has 6 rings (SSSR count). The summed E-state index contributed by atoms with van der Waals surface area (Å²) in [6, 6.07) is 7.33. The number of primary amides is 1. The number of aromatic nitrogens is 4. The van der Waals surface area contributed by atoms with Crippen LogP contribution in [0.5, 0.6) is 5.75 Å². The van der Waals surface area contributed by atoms with E-state index in [1.807, 2.05) is 18.2 Å². The summed E-state index contributed by atoms with van der Waals surface area (Å²) in [5.41, 5.74) is 9.03. The molecule has 0 unspecified atom stereocenters. The molecule has 192 valence electrons. The Bertz CT molecular complexity index is 1430.